The molecule has 0 aromatic heterocycles. The smallest absolute Gasteiger partial charge is 0.126 e. The average Bonchev–Trinajstić information content (AvgIpc) is 2.30. The Kier molecular flexibility index (Phi) is 5.76. The van der Waals surface area contributed by atoms with E-state index < -0.39 is 0 Å². The maximum absolute atomic E-state index is 13.5. The van der Waals surface area contributed by atoms with Crippen LogP contribution >= 0.6 is 15.9 Å². The molecule has 102 valence electrons. The molecule has 0 aliphatic carbocycles. The molecule has 0 unspecified atom stereocenters. The summed E-state index contributed by atoms with van der Waals surface area (Å²) >= 11 is 3.35. The van der Waals surface area contributed by atoms with Crippen molar-refractivity contribution in [2.45, 2.75) is 20.3 Å². The Bertz CT molecular complexity index is 395. The van der Waals surface area contributed by atoms with E-state index in [0.717, 1.165) is 23.1 Å². The van der Waals surface area contributed by atoms with Gasteiger partial charge < -0.3 is 10.0 Å². The van der Waals surface area contributed by atoms with E-state index in [4.69, 9.17) is 0 Å². The van der Waals surface area contributed by atoms with Crippen molar-refractivity contribution >= 4 is 15.9 Å². The van der Waals surface area contributed by atoms with Crippen LogP contribution in [0.3, 0.4) is 0 Å². The summed E-state index contributed by atoms with van der Waals surface area (Å²) in [5, 5.41) is 9.22. The first-order chi connectivity index (χ1) is 8.34. The number of hydrogen-bond donors (Lipinski definition) is 1. The topological polar surface area (TPSA) is 23.5 Å². The fraction of sp³-hybridized carbons (Fsp3) is 0.571. The van der Waals surface area contributed by atoms with Crippen LogP contribution in [0.2, 0.25) is 0 Å². The van der Waals surface area contributed by atoms with Crippen LogP contribution in [0.25, 0.3) is 0 Å². The molecule has 0 saturated carbocycles. The minimum atomic E-state index is -0.159. The Balaban J connectivity index is 2.52. The van der Waals surface area contributed by atoms with Crippen molar-refractivity contribution in [2.24, 2.45) is 5.41 Å². The Morgan fingerprint density at radius 1 is 1.39 bits per heavy atom. The lowest BCUT2D eigenvalue weighted by molar-refractivity contribution is 0.116. The van der Waals surface area contributed by atoms with Gasteiger partial charge in [0.15, 0.2) is 0 Å². The van der Waals surface area contributed by atoms with Crippen LogP contribution in [0.15, 0.2) is 22.7 Å². The molecule has 1 rings (SSSR count). The van der Waals surface area contributed by atoms with E-state index in [9.17, 15) is 9.50 Å². The van der Waals surface area contributed by atoms with E-state index in [1.165, 1.54) is 6.07 Å². The van der Waals surface area contributed by atoms with E-state index in [1.54, 1.807) is 6.07 Å². The molecule has 0 aliphatic rings. The third-order valence-electron chi connectivity index (χ3n) is 2.90. The van der Waals surface area contributed by atoms with Gasteiger partial charge in [-0.15, -0.1) is 0 Å². The molecule has 0 atom stereocenters. The highest BCUT2D eigenvalue weighted by molar-refractivity contribution is 9.10. The highest BCUT2D eigenvalue weighted by Crippen LogP contribution is 2.18. The fourth-order valence-corrected chi connectivity index (χ4v) is 2.31. The number of nitrogens with zero attached hydrogens (tertiary/aromatic N) is 1. The van der Waals surface area contributed by atoms with E-state index >= 15 is 0 Å². The zero-order valence-corrected chi connectivity index (χ0v) is 12.8. The highest BCUT2D eigenvalue weighted by atomic mass is 79.9. The number of aliphatic hydroxyl groups is 1. The fourth-order valence-electron chi connectivity index (χ4n) is 1.91. The van der Waals surface area contributed by atoms with Gasteiger partial charge in [0.1, 0.15) is 5.82 Å². The minimum Gasteiger partial charge on any atom is -0.396 e. The Labute approximate surface area is 117 Å². The number of rotatable bonds is 6. The Hall–Kier alpha value is -0.450. The predicted molar refractivity (Wildman–Crippen MR) is 76.2 cm³/mol. The first-order valence-electron chi connectivity index (χ1n) is 6.07. The summed E-state index contributed by atoms with van der Waals surface area (Å²) in [4.78, 5) is 2.12. The van der Waals surface area contributed by atoms with Crippen LogP contribution < -0.4 is 0 Å². The van der Waals surface area contributed by atoms with Gasteiger partial charge in [0.05, 0.1) is 0 Å². The summed E-state index contributed by atoms with van der Waals surface area (Å²) in [5.41, 5.74) is 0.600. The standard InChI is InChI=1S/C14H21BrFNO/c1-14(2,10-18)9-17(3)7-6-11-8-12(15)4-5-13(11)16/h4-5,8,18H,6-7,9-10H2,1-3H3. The molecule has 0 fully saturated rings. The zero-order chi connectivity index (χ0) is 13.8. The molecule has 0 aliphatic heterocycles. The van der Waals surface area contributed by atoms with E-state index in [2.05, 4.69) is 20.8 Å². The number of benzene rings is 1. The molecule has 0 saturated heterocycles. The van der Waals surface area contributed by atoms with Gasteiger partial charge in [0.25, 0.3) is 0 Å². The van der Waals surface area contributed by atoms with Gasteiger partial charge in [-0.05, 0) is 37.2 Å². The van der Waals surface area contributed by atoms with Gasteiger partial charge in [-0.25, -0.2) is 4.39 Å². The van der Waals surface area contributed by atoms with Gasteiger partial charge in [-0.1, -0.05) is 29.8 Å². The predicted octanol–water partition coefficient (Wildman–Crippen LogP) is 3.08. The van der Waals surface area contributed by atoms with Crippen LogP contribution in [-0.4, -0.2) is 36.8 Å². The van der Waals surface area contributed by atoms with Crippen LogP contribution in [0, 0.1) is 11.2 Å². The average molecular weight is 318 g/mol. The van der Waals surface area contributed by atoms with Crippen molar-refractivity contribution in [1.29, 1.82) is 0 Å². The molecule has 1 aromatic carbocycles. The Morgan fingerprint density at radius 3 is 2.67 bits per heavy atom. The summed E-state index contributed by atoms with van der Waals surface area (Å²) in [6.45, 7) is 5.75. The lowest BCUT2D eigenvalue weighted by Gasteiger charge is -2.28. The summed E-state index contributed by atoms with van der Waals surface area (Å²) in [6.07, 6.45) is 0.670. The first-order valence-corrected chi connectivity index (χ1v) is 6.87. The highest BCUT2D eigenvalue weighted by Gasteiger charge is 2.18. The largest absolute Gasteiger partial charge is 0.396 e. The molecule has 18 heavy (non-hydrogen) atoms. The molecular formula is C14H21BrFNO. The maximum Gasteiger partial charge on any atom is 0.126 e. The molecule has 1 N–H and O–H groups in total. The maximum atomic E-state index is 13.5. The van der Waals surface area contributed by atoms with Gasteiger partial charge >= 0.3 is 0 Å². The second-order valence-electron chi connectivity index (χ2n) is 5.55. The van der Waals surface area contributed by atoms with E-state index in [1.807, 2.05) is 27.0 Å². The molecule has 0 heterocycles. The number of hydrogen-bond acceptors (Lipinski definition) is 2. The third-order valence-corrected chi connectivity index (χ3v) is 3.39. The second kappa shape index (κ2) is 6.64. The quantitative estimate of drug-likeness (QED) is 0.871. The molecule has 4 heteroatoms. The van der Waals surface area contributed by atoms with Gasteiger partial charge in [-0.3, -0.25) is 0 Å². The van der Waals surface area contributed by atoms with E-state index in [-0.39, 0.29) is 17.8 Å². The van der Waals surface area contributed by atoms with Crippen LogP contribution in [0.5, 0.6) is 0 Å². The summed E-state index contributed by atoms with van der Waals surface area (Å²) in [5.74, 6) is -0.159. The van der Waals surface area contributed by atoms with E-state index in [0.29, 0.717) is 6.42 Å². The first kappa shape index (κ1) is 15.6. The SMILES string of the molecule is CN(CCc1cc(Br)ccc1F)CC(C)(C)CO. The Morgan fingerprint density at radius 2 is 2.06 bits per heavy atom. The molecule has 1 aromatic rings. The van der Waals surface area contributed by atoms with Crippen molar-refractivity contribution in [1.82, 2.24) is 4.90 Å². The third kappa shape index (κ3) is 5.04. The van der Waals surface area contributed by atoms with Crippen molar-refractivity contribution in [3.63, 3.8) is 0 Å². The normalized spacial score (nSPS) is 12.2. The van der Waals surface area contributed by atoms with Gasteiger partial charge in [-0.2, -0.15) is 0 Å². The van der Waals surface area contributed by atoms with Crippen LogP contribution in [0.1, 0.15) is 19.4 Å². The monoisotopic (exact) mass is 317 g/mol. The molecule has 0 bridgehead atoms. The minimum absolute atomic E-state index is 0.120. The number of halogens is 2. The number of likely N-dealkylation sites (N-methyl/N-ethyl adjacent to an activating group) is 1. The second-order valence-corrected chi connectivity index (χ2v) is 6.46. The van der Waals surface area contributed by atoms with Crippen molar-refractivity contribution in [3.05, 3.63) is 34.1 Å². The van der Waals surface area contributed by atoms with Gasteiger partial charge in [0, 0.05) is 29.6 Å². The van der Waals surface area contributed by atoms with Gasteiger partial charge in [0.2, 0.25) is 0 Å². The summed E-state index contributed by atoms with van der Waals surface area (Å²) < 4.78 is 14.4. The molecule has 0 amide bonds. The lowest BCUT2D eigenvalue weighted by atomic mass is 9.94. The molecule has 0 spiro atoms. The van der Waals surface area contributed by atoms with Crippen molar-refractivity contribution in [3.8, 4) is 0 Å². The molecule has 0 radical (unpaired) electrons. The number of aliphatic hydroxyl groups excluding tert-OH is 1. The van der Waals surface area contributed by atoms with Crippen LogP contribution in [0.4, 0.5) is 4.39 Å². The zero-order valence-electron chi connectivity index (χ0n) is 11.2. The van der Waals surface area contributed by atoms with Crippen molar-refractivity contribution < 1.29 is 9.50 Å². The molecular weight excluding hydrogens is 297 g/mol. The van der Waals surface area contributed by atoms with Crippen molar-refractivity contribution in [2.75, 3.05) is 26.7 Å². The summed E-state index contributed by atoms with van der Waals surface area (Å²) in [6, 6.07) is 5.01. The molecule has 2 nitrogen and oxygen atoms in total. The summed E-state index contributed by atoms with van der Waals surface area (Å²) in [7, 11) is 1.99. The van der Waals surface area contributed by atoms with Crippen LogP contribution in [-0.2, 0) is 6.42 Å². The lowest BCUT2D eigenvalue weighted by Crippen LogP contribution is -2.35.